The van der Waals surface area contributed by atoms with Gasteiger partial charge in [-0.25, -0.2) is 24.5 Å². The van der Waals surface area contributed by atoms with Crippen LogP contribution in [0.25, 0.3) is 22.4 Å². The van der Waals surface area contributed by atoms with Gasteiger partial charge in [-0.1, -0.05) is 24.3 Å². The molecule has 1 fully saturated rings. The molecule has 1 unspecified atom stereocenters. The van der Waals surface area contributed by atoms with E-state index in [9.17, 15) is 14.7 Å². The first-order chi connectivity index (χ1) is 16.2. The molecule has 1 aliphatic rings. The number of ether oxygens (including phenoxy) is 2. The van der Waals surface area contributed by atoms with Crippen LogP contribution in [0.2, 0.25) is 0 Å². The molecule has 0 saturated carbocycles. The molecule has 1 aliphatic heterocycles. The highest BCUT2D eigenvalue weighted by Gasteiger charge is 2.25. The molecule has 0 spiro atoms. The van der Waals surface area contributed by atoms with Crippen molar-refractivity contribution in [3.8, 4) is 11.3 Å². The average molecular weight is 468 g/mol. The fourth-order valence-electron chi connectivity index (χ4n) is 3.90. The number of hydrogen-bond acceptors (Lipinski definition) is 7. The smallest absolute Gasteiger partial charge is 0.408 e. The molecule has 1 saturated heterocycles. The molecule has 2 aromatic heterocycles. The largest absolute Gasteiger partial charge is 0.480 e. The van der Waals surface area contributed by atoms with Crippen molar-refractivity contribution in [2.45, 2.75) is 64.3 Å². The molecule has 180 valence electrons. The standard InChI is InChI=1S/C24H29N5O5/c1-24(2,3)34-23(32)28-17(22(30)31)12-15-7-9-16(10-8-15)19-20-21(26-13-25-19)29(14-27-20)18-6-4-5-11-33-18/h7-10,13-14,17-18H,4-6,11-12H2,1-3H3,(H,28,32)(H,30,31)/t17-,18?/m0/s1. The summed E-state index contributed by atoms with van der Waals surface area (Å²) in [5.41, 5.74) is 2.95. The number of carboxylic acids is 1. The van der Waals surface area contributed by atoms with Gasteiger partial charge in [-0.3, -0.25) is 4.57 Å². The van der Waals surface area contributed by atoms with Gasteiger partial charge < -0.3 is 19.9 Å². The second-order valence-electron chi connectivity index (χ2n) is 9.31. The lowest BCUT2D eigenvalue weighted by molar-refractivity contribution is -0.139. The van der Waals surface area contributed by atoms with Crippen molar-refractivity contribution in [2.75, 3.05) is 6.61 Å². The van der Waals surface area contributed by atoms with E-state index in [1.165, 1.54) is 6.33 Å². The van der Waals surface area contributed by atoms with Crippen LogP contribution in [0.15, 0.2) is 36.9 Å². The number of aliphatic carboxylic acids is 1. The zero-order valence-corrected chi connectivity index (χ0v) is 19.5. The molecule has 0 radical (unpaired) electrons. The Morgan fingerprint density at radius 2 is 1.97 bits per heavy atom. The number of imidazole rings is 1. The van der Waals surface area contributed by atoms with Gasteiger partial charge in [0.25, 0.3) is 0 Å². The number of aromatic nitrogens is 4. The molecule has 2 N–H and O–H groups in total. The number of carbonyl (C=O) groups is 2. The summed E-state index contributed by atoms with van der Waals surface area (Å²) in [5, 5.41) is 12.0. The van der Waals surface area contributed by atoms with E-state index < -0.39 is 23.7 Å². The van der Waals surface area contributed by atoms with Gasteiger partial charge >= 0.3 is 12.1 Å². The maximum atomic E-state index is 12.0. The quantitative estimate of drug-likeness (QED) is 0.561. The molecule has 2 atom stereocenters. The summed E-state index contributed by atoms with van der Waals surface area (Å²) < 4.78 is 13.0. The van der Waals surface area contributed by atoms with Crippen molar-refractivity contribution in [3.63, 3.8) is 0 Å². The van der Waals surface area contributed by atoms with Gasteiger partial charge in [-0.05, 0) is 45.6 Å². The Kier molecular flexibility index (Phi) is 6.78. The summed E-state index contributed by atoms with van der Waals surface area (Å²) >= 11 is 0. The predicted molar refractivity (Wildman–Crippen MR) is 124 cm³/mol. The number of fused-ring (bicyclic) bond motifs is 1. The maximum Gasteiger partial charge on any atom is 0.408 e. The lowest BCUT2D eigenvalue weighted by atomic mass is 10.0. The van der Waals surface area contributed by atoms with Crippen molar-refractivity contribution < 1.29 is 24.2 Å². The Hall–Kier alpha value is -3.53. The Morgan fingerprint density at radius 3 is 2.62 bits per heavy atom. The lowest BCUT2D eigenvalue weighted by Crippen LogP contribution is -2.44. The Balaban J connectivity index is 1.51. The number of nitrogens with one attached hydrogen (secondary N) is 1. The monoisotopic (exact) mass is 467 g/mol. The van der Waals surface area contributed by atoms with Crippen LogP contribution in [0.1, 0.15) is 51.8 Å². The first-order valence-corrected chi connectivity index (χ1v) is 11.3. The zero-order valence-electron chi connectivity index (χ0n) is 19.5. The third-order valence-corrected chi connectivity index (χ3v) is 5.48. The van der Waals surface area contributed by atoms with E-state index in [4.69, 9.17) is 9.47 Å². The molecule has 10 nitrogen and oxygen atoms in total. The van der Waals surface area contributed by atoms with Crippen LogP contribution in [0.4, 0.5) is 4.79 Å². The van der Waals surface area contributed by atoms with E-state index in [1.807, 2.05) is 28.8 Å². The van der Waals surface area contributed by atoms with E-state index in [1.54, 1.807) is 27.1 Å². The van der Waals surface area contributed by atoms with Gasteiger partial charge in [-0.2, -0.15) is 0 Å². The molecule has 0 aliphatic carbocycles. The number of rotatable bonds is 6. The fourth-order valence-corrected chi connectivity index (χ4v) is 3.90. The van der Waals surface area contributed by atoms with Crippen LogP contribution in [0.5, 0.6) is 0 Å². The van der Waals surface area contributed by atoms with Crippen LogP contribution in [-0.2, 0) is 20.7 Å². The molecular formula is C24H29N5O5. The topological polar surface area (TPSA) is 128 Å². The molecule has 0 bridgehead atoms. The van der Waals surface area contributed by atoms with Crippen molar-refractivity contribution in [1.82, 2.24) is 24.8 Å². The molecule has 3 heterocycles. The Labute approximate surface area is 197 Å². The highest BCUT2D eigenvalue weighted by Crippen LogP contribution is 2.29. The van der Waals surface area contributed by atoms with Gasteiger partial charge in [0, 0.05) is 18.6 Å². The minimum Gasteiger partial charge on any atom is -0.480 e. The minimum atomic E-state index is -1.14. The molecule has 4 rings (SSSR count). The van der Waals surface area contributed by atoms with Crippen molar-refractivity contribution in [2.24, 2.45) is 0 Å². The number of carbonyl (C=O) groups excluding carboxylic acids is 1. The second kappa shape index (κ2) is 9.76. The summed E-state index contributed by atoms with van der Waals surface area (Å²) in [6, 6.07) is 6.24. The zero-order chi connectivity index (χ0) is 24.3. The summed E-state index contributed by atoms with van der Waals surface area (Å²) in [6.07, 6.45) is 5.61. The number of benzene rings is 1. The number of nitrogens with zero attached hydrogens (tertiary/aromatic N) is 4. The summed E-state index contributed by atoms with van der Waals surface area (Å²) in [6.45, 7) is 5.88. The van der Waals surface area contributed by atoms with Crippen molar-refractivity contribution >= 4 is 23.2 Å². The molecule has 10 heteroatoms. The molecule has 1 aromatic carbocycles. The van der Waals surface area contributed by atoms with E-state index in [-0.39, 0.29) is 12.6 Å². The highest BCUT2D eigenvalue weighted by atomic mass is 16.6. The third-order valence-electron chi connectivity index (χ3n) is 5.48. The van der Waals surface area contributed by atoms with Gasteiger partial charge in [0.1, 0.15) is 35.4 Å². The van der Waals surface area contributed by atoms with E-state index in [0.717, 1.165) is 37.0 Å². The Bertz CT molecular complexity index is 1160. The number of alkyl carbamates (subject to hydrolysis) is 1. The van der Waals surface area contributed by atoms with E-state index in [2.05, 4.69) is 20.3 Å². The minimum absolute atomic E-state index is 0.0747. The van der Waals surface area contributed by atoms with E-state index in [0.29, 0.717) is 16.9 Å². The predicted octanol–water partition coefficient (Wildman–Crippen LogP) is 3.71. The number of hydrogen-bond donors (Lipinski definition) is 2. The maximum absolute atomic E-state index is 12.0. The van der Waals surface area contributed by atoms with Gasteiger partial charge in [0.15, 0.2) is 5.65 Å². The number of carboxylic acid groups (broad SMARTS) is 1. The SMILES string of the molecule is CC(C)(C)OC(=O)N[C@@H](Cc1ccc(-c2ncnc3c2ncn3C2CCCCO2)cc1)C(=O)O. The fraction of sp³-hybridized carbons (Fsp3) is 0.458. The van der Waals surface area contributed by atoms with Crippen LogP contribution in [0, 0.1) is 0 Å². The average Bonchev–Trinajstić information content (AvgIpc) is 3.23. The molecule has 3 aromatic rings. The van der Waals surface area contributed by atoms with E-state index >= 15 is 0 Å². The lowest BCUT2D eigenvalue weighted by Gasteiger charge is -2.23. The third kappa shape index (κ3) is 5.51. The van der Waals surface area contributed by atoms with Crippen molar-refractivity contribution in [1.29, 1.82) is 0 Å². The summed E-state index contributed by atoms with van der Waals surface area (Å²) in [4.78, 5) is 37.1. The van der Waals surface area contributed by atoms with Crippen LogP contribution in [-0.4, -0.2) is 54.9 Å². The van der Waals surface area contributed by atoms with Gasteiger partial charge in [-0.15, -0.1) is 0 Å². The van der Waals surface area contributed by atoms with Crippen LogP contribution < -0.4 is 5.32 Å². The molecule has 34 heavy (non-hydrogen) atoms. The molecular weight excluding hydrogens is 438 g/mol. The van der Waals surface area contributed by atoms with Crippen LogP contribution in [0.3, 0.4) is 0 Å². The first-order valence-electron chi connectivity index (χ1n) is 11.3. The Morgan fingerprint density at radius 1 is 1.21 bits per heavy atom. The normalized spacial score (nSPS) is 17.3. The molecule has 1 amide bonds. The first kappa shape index (κ1) is 23.6. The van der Waals surface area contributed by atoms with Gasteiger partial charge in [0.2, 0.25) is 0 Å². The highest BCUT2D eigenvalue weighted by molar-refractivity contribution is 5.87. The van der Waals surface area contributed by atoms with Crippen LogP contribution >= 0.6 is 0 Å². The summed E-state index contributed by atoms with van der Waals surface area (Å²) in [5.74, 6) is -1.14. The van der Waals surface area contributed by atoms with Crippen molar-refractivity contribution in [3.05, 3.63) is 42.5 Å². The van der Waals surface area contributed by atoms with Gasteiger partial charge in [0.05, 0.1) is 6.33 Å². The second-order valence-corrected chi connectivity index (χ2v) is 9.31. The summed E-state index contributed by atoms with van der Waals surface area (Å²) in [7, 11) is 0. The number of amides is 1.